The smallest absolute Gasteiger partial charge is 0.309 e. The Bertz CT molecular complexity index is 876. The first kappa shape index (κ1) is 24.9. The third-order valence-electron chi connectivity index (χ3n) is 4.67. The van der Waals surface area contributed by atoms with Gasteiger partial charge in [0.15, 0.2) is 0 Å². The van der Waals surface area contributed by atoms with Crippen molar-refractivity contribution in [3.63, 3.8) is 0 Å². The van der Waals surface area contributed by atoms with E-state index in [0.717, 1.165) is 16.7 Å². The maximum absolute atomic E-state index is 12.6. The maximum Gasteiger partial charge on any atom is 0.309 e. The zero-order valence-corrected chi connectivity index (χ0v) is 19.3. The van der Waals surface area contributed by atoms with Gasteiger partial charge in [0.05, 0.1) is 24.5 Å². The summed E-state index contributed by atoms with van der Waals surface area (Å²) in [6.45, 7) is 4.93. The number of rotatable bonds is 10. The Morgan fingerprint density at radius 3 is 2.68 bits per heavy atom. The molecule has 0 spiro atoms. The molecule has 0 bridgehead atoms. The fourth-order valence-electron chi connectivity index (χ4n) is 2.96. The van der Waals surface area contributed by atoms with E-state index < -0.39 is 5.91 Å². The number of halogens is 1. The molecule has 1 heterocycles. The van der Waals surface area contributed by atoms with Crippen LogP contribution in [0.15, 0.2) is 29.2 Å². The van der Waals surface area contributed by atoms with Gasteiger partial charge >= 0.3 is 5.97 Å². The third kappa shape index (κ3) is 7.09. The first-order valence-corrected chi connectivity index (χ1v) is 11.0. The lowest BCUT2D eigenvalue weighted by Gasteiger charge is -2.22. The van der Waals surface area contributed by atoms with Crippen LogP contribution < -0.4 is 5.32 Å². The topological polar surface area (TPSA) is 96.0 Å². The van der Waals surface area contributed by atoms with E-state index in [1.54, 1.807) is 37.3 Å². The summed E-state index contributed by atoms with van der Waals surface area (Å²) in [5.41, 5.74) is 0.656. The minimum absolute atomic E-state index is 0.0704. The van der Waals surface area contributed by atoms with Crippen molar-refractivity contribution >= 4 is 52.5 Å². The molecule has 1 aromatic rings. The number of benzene rings is 1. The maximum atomic E-state index is 12.6. The highest BCUT2D eigenvalue weighted by Gasteiger charge is 2.34. The number of carbonyl (C=O) groups excluding carboxylic acids is 4. The number of likely N-dealkylation sites (N-methyl/N-ethyl adjacent to an activating group) is 1. The molecule has 31 heavy (non-hydrogen) atoms. The van der Waals surface area contributed by atoms with Crippen molar-refractivity contribution in [1.29, 1.82) is 0 Å². The van der Waals surface area contributed by atoms with Crippen molar-refractivity contribution in [2.75, 3.05) is 39.8 Å². The molecule has 168 valence electrons. The number of hydrogen-bond donors (Lipinski definition) is 1. The number of carbonyl (C=O) groups is 4. The zero-order chi connectivity index (χ0) is 23.0. The van der Waals surface area contributed by atoms with E-state index in [9.17, 15) is 19.2 Å². The van der Waals surface area contributed by atoms with Crippen LogP contribution in [-0.4, -0.2) is 72.7 Å². The quantitative estimate of drug-likeness (QED) is 0.417. The lowest BCUT2D eigenvalue weighted by molar-refractivity contribution is -0.145. The average molecular weight is 468 g/mol. The van der Waals surface area contributed by atoms with Crippen molar-refractivity contribution in [2.24, 2.45) is 5.92 Å². The highest BCUT2D eigenvalue weighted by Crippen LogP contribution is 2.33. The molecule has 1 aliphatic heterocycles. The lowest BCUT2D eigenvalue weighted by Crippen LogP contribution is -2.43. The number of amides is 3. The molecule has 1 atom stereocenters. The SMILES string of the molecule is CCN(CC(=O)NCCN1C(=O)S/C(=C\c2ccccc2Cl)C1=O)CC(C)C(=O)OC. The predicted octanol–water partition coefficient (Wildman–Crippen LogP) is 2.62. The molecule has 10 heteroatoms. The van der Waals surface area contributed by atoms with Crippen LogP contribution in [0.2, 0.25) is 5.02 Å². The van der Waals surface area contributed by atoms with E-state index in [1.807, 2.05) is 11.8 Å². The van der Waals surface area contributed by atoms with Gasteiger partial charge in [0, 0.05) is 24.7 Å². The van der Waals surface area contributed by atoms with Gasteiger partial charge < -0.3 is 10.1 Å². The number of thioether (sulfide) groups is 1. The van der Waals surface area contributed by atoms with Crippen LogP contribution in [0.1, 0.15) is 19.4 Å². The number of hydrogen-bond acceptors (Lipinski definition) is 7. The van der Waals surface area contributed by atoms with E-state index in [2.05, 4.69) is 5.32 Å². The Hall–Kier alpha value is -2.36. The Labute approximate surface area is 190 Å². The second-order valence-corrected chi connectivity index (χ2v) is 8.36. The fraction of sp³-hybridized carbons (Fsp3) is 0.429. The van der Waals surface area contributed by atoms with Crippen LogP contribution in [-0.2, 0) is 19.1 Å². The summed E-state index contributed by atoms with van der Waals surface area (Å²) in [6, 6.07) is 7.04. The Kier molecular flexibility index (Phi) is 9.54. The van der Waals surface area contributed by atoms with Crippen molar-refractivity contribution < 1.29 is 23.9 Å². The molecule has 1 aliphatic rings. The largest absolute Gasteiger partial charge is 0.469 e. The molecule has 1 aromatic carbocycles. The van der Waals surface area contributed by atoms with Gasteiger partial charge in [-0.05, 0) is 36.0 Å². The van der Waals surface area contributed by atoms with Crippen LogP contribution in [0.5, 0.6) is 0 Å². The van der Waals surface area contributed by atoms with E-state index in [0.29, 0.717) is 28.6 Å². The first-order valence-electron chi connectivity index (χ1n) is 9.83. The Morgan fingerprint density at radius 2 is 2.03 bits per heavy atom. The molecule has 8 nitrogen and oxygen atoms in total. The number of methoxy groups -OCH3 is 1. The van der Waals surface area contributed by atoms with Gasteiger partial charge in [-0.3, -0.25) is 29.0 Å². The minimum Gasteiger partial charge on any atom is -0.469 e. The van der Waals surface area contributed by atoms with Gasteiger partial charge in [-0.1, -0.05) is 43.6 Å². The van der Waals surface area contributed by atoms with Crippen LogP contribution >= 0.6 is 23.4 Å². The number of esters is 1. The van der Waals surface area contributed by atoms with E-state index >= 15 is 0 Å². The molecule has 1 fully saturated rings. The van der Waals surface area contributed by atoms with Gasteiger partial charge in [0.1, 0.15) is 0 Å². The molecule has 0 saturated carbocycles. The highest BCUT2D eigenvalue weighted by molar-refractivity contribution is 8.18. The summed E-state index contributed by atoms with van der Waals surface area (Å²) in [4.78, 5) is 51.8. The molecule has 1 unspecified atom stereocenters. The lowest BCUT2D eigenvalue weighted by atomic mass is 10.1. The second-order valence-electron chi connectivity index (χ2n) is 6.96. The molecule has 3 amide bonds. The number of ether oxygens (including phenoxy) is 1. The number of imide groups is 1. The van der Waals surface area contributed by atoms with Crippen molar-refractivity contribution in [3.8, 4) is 0 Å². The fourth-order valence-corrected chi connectivity index (χ4v) is 4.01. The molecule has 0 aromatic heterocycles. The molecule has 0 aliphatic carbocycles. The van der Waals surface area contributed by atoms with Crippen molar-refractivity contribution in [2.45, 2.75) is 13.8 Å². The van der Waals surface area contributed by atoms with Crippen LogP contribution in [0.4, 0.5) is 4.79 Å². The third-order valence-corrected chi connectivity index (χ3v) is 5.92. The summed E-state index contributed by atoms with van der Waals surface area (Å²) in [5, 5.41) is 2.81. The predicted molar refractivity (Wildman–Crippen MR) is 120 cm³/mol. The van der Waals surface area contributed by atoms with Gasteiger partial charge in [0.25, 0.3) is 11.1 Å². The van der Waals surface area contributed by atoms with Crippen molar-refractivity contribution in [3.05, 3.63) is 39.8 Å². The van der Waals surface area contributed by atoms with Gasteiger partial charge in [0.2, 0.25) is 5.91 Å². The minimum atomic E-state index is -0.411. The van der Waals surface area contributed by atoms with Gasteiger partial charge in [-0.25, -0.2) is 0 Å². The molecule has 1 saturated heterocycles. The summed E-state index contributed by atoms with van der Waals surface area (Å²) < 4.78 is 4.71. The number of nitrogens with zero attached hydrogens (tertiary/aromatic N) is 2. The first-order chi connectivity index (χ1) is 14.8. The summed E-state index contributed by atoms with van der Waals surface area (Å²) >= 11 is 6.96. The second kappa shape index (κ2) is 11.9. The van der Waals surface area contributed by atoms with Gasteiger partial charge in [-0.2, -0.15) is 0 Å². The average Bonchev–Trinajstić information content (AvgIpc) is 3.01. The zero-order valence-electron chi connectivity index (χ0n) is 17.7. The molecule has 0 radical (unpaired) electrons. The normalized spacial score (nSPS) is 16.2. The van der Waals surface area contributed by atoms with E-state index in [4.69, 9.17) is 16.3 Å². The Balaban J connectivity index is 1.85. The summed E-state index contributed by atoms with van der Waals surface area (Å²) in [6.07, 6.45) is 1.59. The molecular weight excluding hydrogens is 442 g/mol. The number of nitrogens with one attached hydrogen (secondary N) is 1. The van der Waals surface area contributed by atoms with E-state index in [-0.39, 0.29) is 42.7 Å². The molecular formula is C21H26ClN3O5S. The van der Waals surface area contributed by atoms with E-state index in [1.165, 1.54) is 7.11 Å². The van der Waals surface area contributed by atoms with Crippen LogP contribution in [0, 0.1) is 5.92 Å². The van der Waals surface area contributed by atoms with Gasteiger partial charge in [-0.15, -0.1) is 0 Å². The van der Waals surface area contributed by atoms with Crippen LogP contribution in [0.3, 0.4) is 0 Å². The highest BCUT2D eigenvalue weighted by atomic mass is 35.5. The van der Waals surface area contributed by atoms with Crippen LogP contribution in [0.25, 0.3) is 6.08 Å². The van der Waals surface area contributed by atoms with Crippen molar-refractivity contribution in [1.82, 2.24) is 15.1 Å². The monoisotopic (exact) mass is 467 g/mol. The summed E-state index contributed by atoms with van der Waals surface area (Å²) in [7, 11) is 1.33. The standard InChI is InChI=1S/C21H26ClN3O5S/c1-4-24(12-14(2)20(28)30-3)13-18(26)23-9-10-25-19(27)17(31-21(25)29)11-15-7-5-6-8-16(15)22/h5-8,11,14H,4,9-10,12-13H2,1-3H3,(H,23,26)/b17-11-. The Morgan fingerprint density at radius 1 is 1.32 bits per heavy atom. The summed E-state index contributed by atoms with van der Waals surface area (Å²) in [5.74, 6) is -1.34. The molecule has 2 rings (SSSR count). The molecule has 1 N–H and O–H groups in total.